The smallest absolute Gasteiger partial charge is 0.306 e. The van der Waals surface area contributed by atoms with E-state index >= 15 is 0 Å². The molecule has 1 aromatic rings. The lowest BCUT2D eigenvalue weighted by atomic mass is 10.1. The van der Waals surface area contributed by atoms with Crippen molar-refractivity contribution in [3.8, 4) is 0 Å². The van der Waals surface area contributed by atoms with Crippen LogP contribution >= 0.6 is 0 Å². The van der Waals surface area contributed by atoms with Gasteiger partial charge in [0.05, 0.1) is 18.7 Å². The minimum atomic E-state index is -0.509. The van der Waals surface area contributed by atoms with Gasteiger partial charge in [-0.15, -0.1) is 0 Å². The van der Waals surface area contributed by atoms with E-state index in [0.29, 0.717) is 0 Å². The standard InChI is InChI=1S/C16H23NO4/c1-16(2,3)21-15(19)9-8-14(18)17-10-4-6-12(17)13-7-5-11-20-13/h5,7,11-12H,4,6,8-10H2,1-3H3/t12-/m1/s1. The molecular weight excluding hydrogens is 270 g/mol. The van der Waals surface area contributed by atoms with Crippen LogP contribution in [0.5, 0.6) is 0 Å². The summed E-state index contributed by atoms with van der Waals surface area (Å²) >= 11 is 0. The van der Waals surface area contributed by atoms with Gasteiger partial charge >= 0.3 is 5.97 Å². The summed E-state index contributed by atoms with van der Waals surface area (Å²) in [4.78, 5) is 25.8. The molecule has 0 saturated carbocycles. The van der Waals surface area contributed by atoms with Crippen LogP contribution in [0.3, 0.4) is 0 Å². The predicted molar refractivity (Wildman–Crippen MR) is 77.5 cm³/mol. The Balaban J connectivity index is 1.87. The van der Waals surface area contributed by atoms with Crippen molar-refractivity contribution in [1.82, 2.24) is 4.90 Å². The van der Waals surface area contributed by atoms with Crippen molar-refractivity contribution in [2.75, 3.05) is 6.54 Å². The third-order valence-electron chi connectivity index (χ3n) is 3.41. The highest BCUT2D eigenvalue weighted by Crippen LogP contribution is 2.32. The minimum Gasteiger partial charge on any atom is -0.467 e. The van der Waals surface area contributed by atoms with Gasteiger partial charge in [-0.25, -0.2) is 0 Å². The Kier molecular flexibility index (Phi) is 4.70. The summed E-state index contributed by atoms with van der Waals surface area (Å²) in [6.07, 6.45) is 3.80. The number of hydrogen-bond acceptors (Lipinski definition) is 4. The molecule has 0 bridgehead atoms. The van der Waals surface area contributed by atoms with Crippen LogP contribution in [-0.4, -0.2) is 28.9 Å². The van der Waals surface area contributed by atoms with Crippen LogP contribution in [0.25, 0.3) is 0 Å². The van der Waals surface area contributed by atoms with E-state index in [1.165, 1.54) is 0 Å². The van der Waals surface area contributed by atoms with E-state index in [0.717, 1.165) is 25.1 Å². The van der Waals surface area contributed by atoms with Gasteiger partial charge in [0, 0.05) is 13.0 Å². The molecule has 0 spiro atoms. The molecule has 1 saturated heterocycles. The molecule has 0 N–H and O–H groups in total. The Morgan fingerprint density at radius 1 is 1.38 bits per heavy atom. The summed E-state index contributed by atoms with van der Waals surface area (Å²) in [5.41, 5.74) is -0.509. The quantitative estimate of drug-likeness (QED) is 0.800. The number of ether oxygens (including phenoxy) is 1. The third-order valence-corrected chi connectivity index (χ3v) is 3.41. The monoisotopic (exact) mass is 293 g/mol. The van der Waals surface area contributed by atoms with Crippen molar-refractivity contribution in [3.05, 3.63) is 24.2 Å². The van der Waals surface area contributed by atoms with Gasteiger partial charge in [-0.1, -0.05) is 0 Å². The van der Waals surface area contributed by atoms with Crippen LogP contribution in [0.4, 0.5) is 0 Å². The molecule has 0 aromatic carbocycles. The number of rotatable bonds is 4. The molecule has 2 rings (SSSR count). The zero-order valence-electron chi connectivity index (χ0n) is 12.9. The molecule has 1 atom stereocenters. The normalized spacial score (nSPS) is 18.8. The molecule has 0 radical (unpaired) electrons. The van der Waals surface area contributed by atoms with Gasteiger partial charge in [0.2, 0.25) is 5.91 Å². The van der Waals surface area contributed by atoms with Crippen LogP contribution in [0.1, 0.15) is 58.3 Å². The van der Waals surface area contributed by atoms with Gasteiger partial charge in [0.1, 0.15) is 11.4 Å². The van der Waals surface area contributed by atoms with E-state index in [1.54, 1.807) is 6.26 Å². The molecular formula is C16H23NO4. The maximum absolute atomic E-state index is 12.3. The highest BCUT2D eigenvalue weighted by Gasteiger charge is 2.31. The molecule has 0 unspecified atom stereocenters. The van der Waals surface area contributed by atoms with E-state index in [-0.39, 0.29) is 30.8 Å². The lowest BCUT2D eigenvalue weighted by molar-refractivity contribution is -0.156. The fourth-order valence-corrected chi connectivity index (χ4v) is 2.59. The third kappa shape index (κ3) is 4.34. The molecule has 1 aliphatic heterocycles. The molecule has 0 aliphatic carbocycles. The van der Waals surface area contributed by atoms with Crippen molar-refractivity contribution in [2.45, 2.75) is 58.1 Å². The Morgan fingerprint density at radius 3 is 2.76 bits per heavy atom. The lowest BCUT2D eigenvalue weighted by Crippen LogP contribution is -2.31. The van der Waals surface area contributed by atoms with Gasteiger partial charge in [-0.3, -0.25) is 9.59 Å². The highest BCUT2D eigenvalue weighted by molar-refractivity contribution is 5.82. The first kappa shape index (κ1) is 15.6. The number of likely N-dealkylation sites (tertiary alicyclic amines) is 1. The highest BCUT2D eigenvalue weighted by atomic mass is 16.6. The van der Waals surface area contributed by atoms with Crippen molar-refractivity contribution in [3.63, 3.8) is 0 Å². The molecule has 2 heterocycles. The van der Waals surface area contributed by atoms with Crippen molar-refractivity contribution < 1.29 is 18.7 Å². The van der Waals surface area contributed by atoms with Crippen LogP contribution in [0.2, 0.25) is 0 Å². The van der Waals surface area contributed by atoms with Crippen LogP contribution in [0.15, 0.2) is 22.8 Å². The zero-order chi connectivity index (χ0) is 15.5. The van der Waals surface area contributed by atoms with E-state index in [4.69, 9.17) is 9.15 Å². The van der Waals surface area contributed by atoms with Crippen molar-refractivity contribution in [2.24, 2.45) is 0 Å². The van der Waals surface area contributed by atoms with E-state index in [2.05, 4.69) is 0 Å². The minimum absolute atomic E-state index is 0.00568. The number of carbonyl (C=O) groups excluding carboxylic acids is 2. The first-order valence-electron chi connectivity index (χ1n) is 7.41. The van der Waals surface area contributed by atoms with Gasteiger partial charge in [-0.2, -0.15) is 0 Å². The maximum atomic E-state index is 12.3. The first-order chi connectivity index (χ1) is 9.87. The predicted octanol–water partition coefficient (Wildman–Crippen LogP) is 3.07. The van der Waals surface area contributed by atoms with Gasteiger partial charge in [-0.05, 0) is 45.7 Å². The fraction of sp³-hybridized carbons (Fsp3) is 0.625. The summed E-state index contributed by atoms with van der Waals surface area (Å²) in [5.74, 6) is 0.475. The summed E-state index contributed by atoms with van der Waals surface area (Å²) in [6, 6.07) is 3.73. The number of amides is 1. The number of nitrogens with zero attached hydrogens (tertiary/aromatic N) is 1. The van der Waals surface area contributed by atoms with Gasteiger partial charge < -0.3 is 14.1 Å². The number of esters is 1. The number of furan rings is 1. The van der Waals surface area contributed by atoms with E-state index in [1.807, 2.05) is 37.8 Å². The topological polar surface area (TPSA) is 59.8 Å². The number of hydrogen-bond donors (Lipinski definition) is 0. The molecule has 116 valence electrons. The Labute approximate surface area is 125 Å². The number of carbonyl (C=O) groups is 2. The Morgan fingerprint density at radius 2 is 2.14 bits per heavy atom. The molecule has 1 fully saturated rings. The van der Waals surface area contributed by atoms with Gasteiger partial charge in [0.25, 0.3) is 0 Å². The van der Waals surface area contributed by atoms with Gasteiger partial charge in [0.15, 0.2) is 0 Å². The second kappa shape index (κ2) is 6.33. The largest absolute Gasteiger partial charge is 0.467 e. The van der Waals surface area contributed by atoms with Crippen LogP contribution in [0, 0.1) is 0 Å². The van der Waals surface area contributed by atoms with Crippen LogP contribution in [-0.2, 0) is 14.3 Å². The average Bonchev–Trinajstić information content (AvgIpc) is 3.03. The summed E-state index contributed by atoms with van der Waals surface area (Å²) in [7, 11) is 0. The summed E-state index contributed by atoms with van der Waals surface area (Å²) < 4.78 is 10.6. The van der Waals surface area contributed by atoms with Crippen molar-refractivity contribution >= 4 is 11.9 Å². The maximum Gasteiger partial charge on any atom is 0.306 e. The average molecular weight is 293 g/mol. The zero-order valence-corrected chi connectivity index (χ0v) is 12.9. The van der Waals surface area contributed by atoms with E-state index < -0.39 is 5.60 Å². The Hall–Kier alpha value is -1.78. The SMILES string of the molecule is CC(C)(C)OC(=O)CCC(=O)N1CCC[C@@H]1c1ccco1. The molecule has 1 aromatic heterocycles. The molecule has 1 amide bonds. The van der Waals surface area contributed by atoms with E-state index in [9.17, 15) is 9.59 Å². The van der Waals surface area contributed by atoms with Crippen LogP contribution < -0.4 is 0 Å². The summed E-state index contributed by atoms with van der Waals surface area (Å²) in [6.45, 7) is 6.18. The Bertz CT molecular complexity index is 487. The summed E-state index contributed by atoms with van der Waals surface area (Å²) in [5, 5.41) is 0. The second-order valence-corrected chi connectivity index (χ2v) is 6.35. The second-order valence-electron chi connectivity index (χ2n) is 6.35. The molecule has 21 heavy (non-hydrogen) atoms. The lowest BCUT2D eigenvalue weighted by Gasteiger charge is -2.23. The van der Waals surface area contributed by atoms with Crippen molar-refractivity contribution in [1.29, 1.82) is 0 Å². The molecule has 5 heteroatoms. The molecule has 1 aliphatic rings. The fourth-order valence-electron chi connectivity index (χ4n) is 2.59. The molecule has 5 nitrogen and oxygen atoms in total. The first-order valence-corrected chi connectivity index (χ1v) is 7.41.